The summed E-state index contributed by atoms with van der Waals surface area (Å²) in [5.74, 6) is -0.986. The third kappa shape index (κ3) is 1.56. The Kier molecular flexibility index (Phi) is 2.15. The van der Waals surface area contributed by atoms with Gasteiger partial charge in [-0.2, -0.15) is 5.10 Å². The van der Waals surface area contributed by atoms with Gasteiger partial charge in [0.15, 0.2) is 0 Å². The number of halogens is 2. The Morgan fingerprint density at radius 2 is 2.07 bits per heavy atom. The molecule has 0 fully saturated rings. The molecule has 5 heteroatoms. The lowest BCUT2D eigenvalue weighted by molar-refractivity contribution is 0.585. The van der Waals surface area contributed by atoms with Crippen molar-refractivity contribution in [1.29, 1.82) is 0 Å². The van der Waals surface area contributed by atoms with E-state index in [2.05, 4.69) is 10.2 Å². The Hall–Kier alpha value is -1.91. The lowest BCUT2D eigenvalue weighted by Crippen LogP contribution is -1.92. The van der Waals surface area contributed by atoms with Gasteiger partial charge < -0.3 is 5.73 Å². The van der Waals surface area contributed by atoms with Gasteiger partial charge in [0.2, 0.25) is 0 Å². The Balaban J connectivity index is 2.64. The van der Waals surface area contributed by atoms with Crippen molar-refractivity contribution >= 4 is 5.82 Å². The third-order valence-electron chi connectivity index (χ3n) is 2.18. The van der Waals surface area contributed by atoms with Gasteiger partial charge in [0.1, 0.15) is 17.5 Å². The normalized spacial score (nSPS) is 10.6. The highest BCUT2D eigenvalue weighted by molar-refractivity contribution is 5.76. The Morgan fingerprint density at radius 1 is 1.33 bits per heavy atom. The lowest BCUT2D eigenvalue weighted by Gasteiger charge is -2.02. The summed E-state index contributed by atoms with van der Waals surface area (Å²) in [6.07, 6.45) is 0. The average molecular weight is 209 g/mol. The van der Waals surface area contributed by atoms with Crippen LogP contribution >= 0.6 is 0 Å². The number of nitrogens with one attached hydrogen (secondary N) is 1. The third-order valence-corrected chi connectivity index (χ3v) is 2.18. The van der Waals surface area contributed by atoms with Gasteiger partial charge in [0.05, 0.1) is 5.69 Å². The maximum Gasteiger partial charge on any atom is 0.134 e. The van der Waals surface area contributed by atoms with Gasteiger partial charge >= 0.3 is 0 Å². The number of nitrogen functional groups attached to an aromatic ring is 1. The van der Waals surface area contributed by atoms with Crippen molar-refractivity contribution < 1.29 is 8.78 Å². The average Bonchev–Trinajstić information content (AvgIpc) is 2.48. The van der Waals surface area contributed by atoms with Crippen molar-refractivity contribution in [3.8, 4) is 11.1 Å². The second-order valence-electron chi connectivity index (χ2n) is 3.22. The first-order valence-electron chi connectivity index (χ1n) is 4.35. The van der Waals surface area contributed by atoms with E-state index in [4.69, 9.17) is 5.73 Å². The van der Waals surface area contributed by atoms with Crippen molar-refractivity contribution in [2.45, 2.75) is 6.92 Å². The van der Waals surface area contributed by atoms with Gasteiger partial charge in [-0.25, -0.2) is 8.78 Å². The SMILES string of the molecule is Cc1n[nH]c(N)c1-c1ccc(F)cc1F. The van der Waals surface area contributed by atoms with E-state index in [1.54, 1.807) is 6.92 Å². The molecule has 3 nitrogen and oxygen atoms in total. The molecule has 0 aliphatic rings. The van der Waals surface area contributed by atoms with Crippen LogP contribution in [0.4, 0.5) is 14.6 Å². The van der Waals surface area contributed by atoms with Gasteiger partial charge in [0, 0.05) is 17.2 Å². The van der Waals surface area contributed by atoms with E-state index in [9.17, 15) is 8.78 Å². The van der Waals surface area contributed by atoms with Gasteiger partial charge in [-0.15, -0.1) is 0 Å². The van der Waals surface area contributed by atoms with Crippen molar-refractivity contribution in [1.82, 2.24) is 10.2 Å². The van der Waals surface area contributed by atoms with E-state index < -0.39 is 11.6 Å². The summed E-state index contributed by atoms with van der Waals surface area (Å²) in [6, 6.07) is 3.35. The molecule has 0 bridgehead atoms. The number of aryl methyl sites for hydroxylation is 1. The maximum atomic E-state index is 13.4. The first-order chi connectivity index (χ1) is 7.09. The predicted molar refractivity (Wildman–Crippen MR) is 53.1 cm³/mol. The van der Waals surface area contributed by atoms with Crippen molar-refractivity contribution in [2.75, 3.05) is 5.73 Å². The number of aromatic nitrogens is 2. The van der Waals surface area contributed by atoms with Crippen LogP contribution in [0.1, 0.15) is 5.69 Å². The highest BCUT2D eigenvalue weighted by atomic mass is 19.1. The minimum Gasteiger partial charge on any atom is -0.384 e. The van der Waals surface area contributed by atoms with Crippen molar-refractivity contribution in [3.05, 3.63) is 35.5 Å². The molecule has 3 N–H and O–H groups in total. The first kappa shape index (κ1) is 9.64. The largest absolute Gasteiger partial charge is 0.384 e. The van der Waals surface area contributed by atoms with Crippen LogP contribution in [0.2, 0.25) is 0 Å². The van der Waals surface area contributed by atoms with Gasteiger partial charge in [-0.3, -0.25) is 5.10 Å². The van der Waals surface area contributed by atoms with E-state index in [-0.39, 0.29) is 11.4 Å². The quantitative estimate of drug-likeness (QED) is 0.756. The number of hydrogen-bond donors (Lipinski definition) is 2. The van der Waals surface area contributed by atoms with Gasteiger partial charge in [0.25, 0.3) is 0 Å². The highest BCUT2D eigenvalue weighted by Gasteiger charge is 2.14. The molecule has 2 aromatic rings. The predicted octanol–water partition coefficient (Wildman–Crippen LogP) is 2.25. The molecule has 0 radical (unpaired) electrons. The number of nitrogens with zero attached hydrogens (tertiary/aromatic N) is 1. The number of benzene rings is 1. The Bertz CT molecular complexity index is 486. The van der Waals surface area contributed by atoms with Crippen molar-refractivity contribution in [3.63, 3.8) is 0 Å². The number of hydrogen-bond acceptors (Lipinski definition) is 2. The molecule has 15 heavy (non-hydrogen) atoms. The minimum atomic E-state index is -0.647. The maximum absolute atomic E-state index is 13.4. The summed E-state index contributed by atoms with van der Waals surface area (Å²) >= 11 is 0. The fourth-order valence-corrected chi connectivity index (χ4v) is 1.48. The summed E-state index contributed by atoms with van der Waals surface area (Å²) in [5.41, 5.74) is 6.91. The molecule has 0 aliphatic heterocycles. The molecule has 0 aliphatic carbocycles. The number of anilines is 1. The Morgan fingerprint density at radius 3 is 2.60 bits per heavy atom. The zero-order valence-corrected chi connectivity index (χ0v) is 8.01. The topological polar surface area (TPSA) is 54.7 Å². The monoisotopic (exact) mass is 209 g/mol. The van der Waals surface area contributed by atoms with Crippen molar-refractivity contribution in [2.24, 2.45) is 0 Å². The molecule has 1 aromatic carbocycles. The minimum absolute atomic E-state index is 0.250. The molecule has 1 aromatic heterocycles. The van der Waals surface area contributed by atoms with E-state index in [1.165, 1.54) is 12.1 Å². The van der Waals surface area contributed by atoms with Crippen LogP contribution in [0.5, 0.6) is 0 Å². The summed E-state index contributed by atoms with van der Waals surface area (Å²) in [7, 11) is 0. The van der Waals surface area contributed by atoms with Crippen LogP contribution in [0.3, 0.4) is 0 Å². The molecule has 0 spiro atoms. The lowest BCUT2D eigenvalue weighted by atomic mass is 10.1. The first-order valence-corrected chi connectivity index (χ1v) is 4.35. The number of nitrogens with two attached hydrogens (primary N) is 1. The van der Waals surface area contributed by atoms with Crippen LogP contribution in [0, 0.1) is 18.6 Å². The van der Waals surface area contributed by atoms with Crippen LogP contribution in [-0.4, -0.2) is 10.2 Å². The molecule has 0 saturated carbocycles. The molecule has 2 rings (SSSR count). The molecular formula is C10H9F2N3. The summed E-state index contributed by atoms with van der Waals surface area (Å²) in [5, 5.41) is 6.39. The second-order valence-corrected chi connectivity index (χ2v) is 3.22. The van der Waals surface area contributed by atoms with E-state index >= 15 is 0 Å². The summed E-state index contributed by atoms with van der Waals surface area (Å²) < 4.78 is 26.1. The molecule has 0 saturated heterocycles. The van der Waals surface area contributed by atoms with Gasteiger partial charge in [-0.05, 0) is 19.1 Å². The summed E-state index contributed by atoms with van der Waals surface area (Å²) in [6.45, 7) is 1.70. The van der Waals surface area contributed by atoms with E-state index in [1.807, 2.05) is 0 Å². The smallest absolute Gasteiger partial charge is 0.134 e. The summed E-state index contributed by atoms with van der Waals surface area (Å²) in [4.78, 5) is 0. The highest BCUT2D eigenvalue weighted by Crippen LogP contribution is 2.29. The Labute approximate surface area is 84.9 Å². The molecular weight excluding hydrogens is 200 g/mol. The number of rotatable bonds is 1. The molecule has 0 amide bonds. The van der Waals surface area contributed by atoms with Crippen LogP contribution < -0.4 is 5.73 Å². The van der Waals surface area contributed by atoms with Crippen LogP contribution in [0.25, 0.3) is 11.1 Å². The second kappa shape index (κ2) is 3.34. The molecule has 78 valence electrons. The van der Waals surface area contributed by atoms with E-state index in [0.29, 0.717) is 11.3 Å². The molecule has 0 unspecified atom stereocenters. The van der Waals surface area contributed by atoms with Gasteiger partial charge in [-0.1, -0.05) is 0 Å². The zero-order chi connectivity index (χ0) is 11.0. The standard InChI is InChI=1S/C10H9F2N3/c1-5-9(10(13)15-14-5)7-3-2-6(11)4-8(7)12/h2-4H,1H3,(H3,13,14,15). The fourth-order valence-electron chi connectivity index (χ4n) is 1.48. The fraction of sp³-hybridized carbons (Fsp3) is 0.100. The van der Waals surface area contributed by atoms with Crippen LogP contribution in [-0.2, 0) is 0 Å². The van der Waals surface area contributed by atoms with Crippen LogP contribution in [0.15, 0.2) is 18.2 Å². The molecule has 0 atom stereocenters. The zero-order valence-electron chi connectivity index (χ0n) is 8.01. The number of aromatic amines is 1. The number of H-pyrrole nitrogens is 1. The van der Waals surface area contributed by atoms with E-state index in [0.717, 1.165) is 6.07 Å². The molecule has 1 heterocycles.